The van der Waals surface area contributed by atoms with Gasteiger partial charge in [-0.05, 0) is 34.5 Å². The molecule has 3 heteroatoms. The molecule has 3 aromatic carbocycles. The van der Waals surface area contributed by atoms with E-state index in [1.165, 1.54) is 22.9 Å². The number of halogens is 1. The lowest BCUT2D eigenvalue weighted by molar-refractivity contribution is 0.432. The summed E-state index contributed by atoms with van der Waals surface area (Å²) in [6, 6.07) is 18.7. The fraction of sp³-hybridized carbons (Fsp3) is 0.0588. The van der Waals surface area contributed by atoms with Crippen molar-refractivity contribution in [1.82, 2.24) is 0 Å². The van der Waals surface area contributed by atoms with Crippen LogP contribution in [0.2, 0.25) is 0 Å². The molecular formula is C17H14FNO. The van der Waals surface area contributed by atoms with E-state index in [2.05, 4.69) is 29.6 Å². The van der Waals surface area contributed by atoms with E-state index < -0.39 is 5.82 Å². The summed E-state index contributed by atoms with van der Waals surface area (Å²) in [6.07, 6.45) is 0. The van der Waals surface area contributed by atoms with Crippen LogP contribution in [-0.2, 0) is 6.54 Å². The van der Waals surface area contributed by atoms with Crippen molar-refractivity contribution in [3.05, 3.63) is 72.0 Å². The second kappa shape index (κ2) is 5.21. The quantitative estimate of drug-likeness (QED) is 0.693. The smallest absolute Gasteiger partial charge is 0.166 e. The minimum atomic E-state index is -0.617. The van der Waals surface area contributed by atoms with Gasteiger partial charge in [-0.15, -0.1) is 0 Å². The molecule has 0 atom stereocenters. The van der Waals surface area contributed by atoms with Crippen LogP contribution in [0, 0.1) is 5.82 Å². The van der Waals surface area contributed by atoms with Crippen LogP contribution in [0.25, 0.3) is 10.8 Å². The fourth-order valence-electron chi connectivity index (χ4n) is 2.17. The largest absolute Gasteiger partial charge is 0.505 e. The predicted molar refractivity (Wildman–Crippen MR) is 79.3 cm³/mol. The second-order valence-electron chi connectivity index (χ2n) is 4.70. The summed E-state index contributed by atoms with van der Waals surface area (Å²) in [5.41, 5.74) is 1.77. The first kappa shape index (κ1) is 12.5. The van der Waals surface area contributed by atoms with Crippen molar-refractivity contribution in [1.29, 1.82) is 0 Å². The lowest BCUT2D eigenvalue weighted by Gasteiger charge is -2.08. The molecule has 0 aliphatic rings. The number of nitrogens with one attached hydrogen (secondary N) is 1. The summed E-state index contributed by atoms with van der Waals surface area (Å²) in [7, 11) is 0. The Hall–Kier alpha value is -2.55. The molecule has 100 valence electrons. The summed E-state index contributed by atoms with van der Waals surface area (Å²) in [5.74, 6) is -0.949. The molecule has 0 amide bonds. The number of hydrogen-bond donors (Lipinski definition) is 2. The summed E-state index contributed by atoms with van der Waals surface area (Å²) in [4.78, 5) is 0. The van der Waals surface area contributed by atoms with Crippen molar-refractivity contribution in [2.75, 3.05) is 5.32 Å². The van der Waals surface area contributed by atoms with Crippen LogP contribution in [0.4, 0.5) is 10.1 Å². The number of benzene rings is 3. The normalized spacial score (nSPS) is 10.7. The molecule has 0 aliphatic carbocycles. The highest BCUT2D eigenvalue weighted by molar-refractivity contribution is 5.83. The highest BCUT2D eigenvalue weighted by Gasteiger charge is 2.01. The zero-order valence-corrected chi connectivity index (χ0v) is 10.8. The van der Waals surface area contributed by atoms with Gasteiger partial charge >= 0.3 is 0 Å². The van der Waals surface area contributed by atoms with Crippen molar-refractivity contribution in [2.45, 2.75) is 6.54 Å². The van der Waals surface area contributed by atoms with Gasteiger partial charge in [-0.1, -0.05) is 36.4 Å². The Morgan fingerprint density at radius 2 is 1.70 bits per heavy atom. The van der Waals surface area contributed by atoms with Gasteiger partial charge in [-0.3, -0.25) is 0 Å². The lowest BCUT2D eigenvalue weighted by atomic mass is 10.1. The van der Waals surface area contributed by atoms with Crippen LogP contribution >= 0.6 is 0 Å². The van der Waals surface area contributed by atoms with Crippen molar-refractivity contribution in [3.8, 4) is 5.75 Å². The topological polar surface area (TPSA) is 32.3 Å². The maximum absolute atomic E-state index is 13.2. The van der Waals surface area contributed by atoms with Gasteiger partial charge < -0.3 is 10.4 Å². The van der Waals surface area contributed by atoms with Crippen LogP contribution in [-0.4, -0.2) is 5.11 Å². The molecule has 0 heterocycles. The van der Waals surface area contributed by atoms with Crippen LogP contribution in [0.15, 0.2) is 60.7 Å². The Kier molecular flexibility index (Phi) is 3.25. The third-order valence-electron chi connectivity index (χ3n) is 3.26. The van der Waals surface area contributed by atoms with Gasteiger partial charge in [0.05, 0.1) is 0 Å². The highest BCUT2D eigenvalue weighted by Crippen LogP contribution is 2.21. The molecule has 0 saturated heterocycles. The molecule has 0 spiro atoms. The first-order valence-electron chi connectivity index (χ1n) is 6.42. The van der Waals surface area contributed by atoms with Crippen LogP contribution in [0.3, 0.4) is 0 Å². The Morgan fingerprint density at radius 1 is 0.900 bits per heavy atom. The third kappa shape index (κ3) is 2.57. The standard InChI is InChI=1S/C17H14FNO/c18-16-10-15(7-8-17(16)20)19-11-12-5-6-13-3-1-2-4-14(13)9-12/h1-10,19-20H,11H2. The zero-order chi connectivity index (χ0) is 13.9. The van der Waals surface area contributed by atoms with E-state index in [9.17, 15) is 4.39 Å². The number of rotatable bonds is 3. The molecule has 0 aliphatic heterocycles. The summed E-state index contributed by atoms with van der Waals surface area (Å²) >= 11 is 0. The Labute approximate surface area is 116 Å². The van der Waals surface area contributed by atoms with E-state index in [1.54, 1.807) is 6.07 Å². The Balaban J connectivity index is 1.77. The molecule has 0 radical (unpaired) electrons. The Morgan fingerprint density at radius 3 is 2.50 bits per heavy atom. The number of phenolic OH excluding ortho intramolecular Hbond substituents is 1. The van der Waals surface area contributed by atoms with Crippen LogP contribution in [0.5, 0.6) is 5.75 Å². The molecule has 0 aromatic heterocycles. The first-order valence-corrected chi connectivity index (χ1v) is 6.42. The molecule has 2 nitrogen and oxygen atoms in total. The summed E-state index contributed by atoms with van der Waals surface area (Å²) in [5, 5.41) is 14.7. The number of anilines is 1. The van der Waals surface area contributed by atoms with Gasteiger partial charge in [-0.25, -0.2) is 4.39 Å². The number of fused-ring (bicyclic) bond motifs is 1. The summed E-state index contributed by atoms with van der Waals surface area (Å²) in [6.45, 7) is 0.606. The van der Waals surface area contributed by atoms with Gasteiger partial charge in [0, 0.05) is 18.3 Å². The minimum absolute atomic E-state index is 0.332. The number of phenols is 1. The maximum atomic E-state index is 13.2. The molecule has 20 heavy (non-hydrogen) atoms. The molecule has 0 fully saturated rings. The van der Waals surface area contributed by atoms with Crippen molar-refractivity contribution in [3.63, 3.8) is 0 Å². The van der Waals surface area contributed by atoms with Crippen molar-refractivity contribution < 1.29 is 9.50 Å². The van der Waals surface area contributed by atoms with E-state index in [4.69, 9.17) is 5.11 Å². The lowest BCUT2D eigenvalue weighted by Crippen LogP contribution is -1.99. The van der Waals surface area contributed by atoms with E-state index in [-0.39, 0.29) is 5.75 Å². The second-order valence-corrected chi connectivity index (χ2v) is 4.70. The molecular weight excluding hydrogens is 253 g/mol. The maximum Gasteiger partial charge on any atom is 0.166 e. The molecule has 2 N–H and O–H groups in total. The monoisotopic (exact) mass is 267 g/mol. The minimum Gasteiger partial charge on any atom is -0.505 e. The van der Waals surface area contributed by atoms with Crippen molar-refractivity contribution in [2.24, 2.45) is 0 Å². The third-order valence-corrected chi connectivity index (χ3v) is 3.26. The van der Waals surface area contributed by atoms with E-state index >= 15 is 0 Å². The SMILES string of the molecule is Oc1ccc(NCc2ccc3ccccc3c2)cc1F. The van der Waals surface area contributed by atoms with Gasteiger partial charge in [0.25, 0.3) is 0 Å². The van der Waals surface area contributed by atoms with Gasteiger partial charge in [0.15, 0.2) is 11.6 Å². The van der Waals surface area contributed by atoms with E-state index in [1.807, 2.05) is 18.2 Å². The number of hydrogen-bond acceptors (Lipinski definition) is 2. The zero-order valence-electron chi connectivity index (χ0n) is 10.8. The highest BCUT2D eigenvalue weighted by atomic mass is 19.1. The Bertz CT molecular complexity index is 755. The molecule has 3 rings (SSSR count). The van der Waals surface area contributed by atoms with Gasteiger partial charge in [0.1, 0.15) is 0 Å². The first-order chi connectivity index (χ1) is 9.72. The average molecular weight is 267 g/mol. The van der Waals surface area contributed by atoms with E-state index in [0.29, 0.717) is 12.2 Å². The molecule has 0 unspecified atom stereocenters. The molecule has 0 bridgehead atoms. The van der Waals surface area contributed by atoms with Crippen LogP contribution < -0.4 is 5.32 Å². The molecule has 3 aromatic rings. The molecule has 0 saturated carbocycles. The number of aromatic hydroxyl groups is 1. The van der Waals surface area contributed by atoms with Crippen molar-refractivity contribution >= 4 is 16.5 Å². The summed E-state index contributed by atoms with van der Waals surface area (Å²) < 4.78 is 13.2. The van der Waals surface area contributed by atoms with E-state index in [0.717, 1.165) is 5.56 Å². The fourth-order valence-corrected chi connectivity index (χ4v) is 2.17. The predicted octanol–water partition coefficient (Wildman–Crippen LogP) is 4.30. The van der Waals surface area contributed by atoms with Crippen LogP contribution in [0.1, 0.15) is 5.56 Å². The van der Waals surface area contributed by atoms with Gasteiger partial charge in [0.2, 0.25) is 0 Å². The van der Waals surface area contributed by atoms with Gasteiger partial charge in [-0.2, -0.15) is 0 Å². The average Bonchev–Trinajstić information content (AvgIpc) is 2.48.